The molecule has 2 atom stereocenters. The summed E-state index contributed by atoms with van der Waals surface area (Å²) in [6.45, 7) is 1.69. The molecule has 1 heterocycles. The number of benzene rings is 3. The van der Waals surface area contributed by atoms with Crippen molar-refractivity contribution in [1.82, 2.24) is 20.7 Å². The maximum Gasteiger partial charge on any atom is 0.257 e. The molecule has 2 N–H and O–H groups in total. The topological polar surface area (TPSA) is 64.7 Å². The molecule has 1 fully saturated rings. The van der Waals surface area contributed by atoms with Gasteiger partial charge in [0.05, 0.1) is 6.04 Å². The first-order valence-corrected chi connectivity index (χ1v) is 12.7. The summed E-state index contributed by atoms with van der Waals surface area (Å²) in [5.41, 5.74) is 7.44. The summed E-state index contributed by atoms with van der Waals surface area (Å²) in [5, 5.41) is 5.14. The standard InChI is InChI=1S/C30H36N4O2/c1-31-27(21-24-15-17-26(18-16-24)25-13-7-4-8-14-25)30(36)33(2)28(22-23-11-5-3-6-12-23)29(35)32-34-19-9-10-20-34/h3-8,11-18,27-28,31H,9-10,19-22H2,1-2H3,(H,32,35)/t27-,28-/m1/s1. The van der Waals surface area contributed by atoms with Gasteiger partial charge >= 0.3 is 0 Å². The van der Waals surface area contributed by atoms with Crippen molar-refractivity contribution in [2.75, 3.05) is 27.2 Å². The van der Waals surface area contributed by atoms with Gasteiger partial charge in [0.25, 0.3) is 5.91 Å². The van der Waals surface area contributed by atoms with Gasteiger partial charge in [-0.05, 0) is 48.6 Å². The maximum absolute atomic E-state index is 13.6. The molecule has 0 spiro atoms. The largest absolute Gasteiger partial charge is 0.332 e. The van der Waals surface area contributed by atoms with Crippen molar-refractivity contribution in [1.29, 1.82) is 0 Å². The Balaban J connectivity index is 1.47. The summed E-state index contributed by atoms with van der Waals surface area (Å²) < 4.78 is 0. The fourth-order valence-electron chi connectivity index (χ4n) is 4.71. The van der Waals surface area contributed by atoms with Crippen molar-refractivity contribution in [2.24, 2.45) is 0 Å². The van der Waals surface area contributed by atoms with Gasteiger partial charge in [-0.3, -0.25) is 15.0 Å². The molecule has 4 rings (SSSR count). The summed E-state index contributed by atoms with van der Waals surface area (Å²) in [4.78, 5) is 28.5. The monoisotopic (exact) mass is 484 g/mol. The minimum atomic E-state index is -0.600. The van der Waals surface area contributed by atoms with Gasteiger partial charge in [-0.25, -0.2) is 5.01 Å². The molecule has 3 aromatic carbocycles. The van der Waals surface area contributed by atoms with Crippen LogP contribution in [0.1, 0.15) is 24.0 Å². The Labute approximate surface area is 214 Å². The SMILES string of the molecule is CN[C@H](Cc1ccc(-c2ccccc2)cc1)C(=O)N(C)[C@H](Cc1ccccc1)C(=O)NN1CCCC1. The predicted octanol–water partition coefficient (Wildman–Crippen LogP) is 3.68. The van der Waals surface area contributed by atoms with Crippen LogP contribution in [-0.4, -0.2) is 61.0 Å². The van der Waals surface area contributed by atoms with E-state index in [0.29, 0.717) is 12.8 Å². The molecule has 6 nitrogen and oxygen atoms in total. The first-order chi connectivity index (χ1) is 17.5. The number of nitrogens with zero attached hydrogens (tertiary/aromatic N) is 2. The second kappa shape index (κ2) is 12.5. The minimum absolute atomic E-state index is 0.0952. The summed E-state index contributed by atoms with van der Waals surface area (Å²) >= 11 is 0. The number of hydrazine groups is 1. The van der Waals surface area contributed by atoms with Gasteiger partial charge in [-0.1, -0.05) is 84.9 Å². The number of likely N-dealkylation sites (N-methyl/N-ethyl adjacent to an activating group) is 2. The van der Waals surface area contributed by atoms with E-state index >= 15 is 0 Å². The van der Waals surface area contributed by atoms with E-state index in [4.69, 9.17) is 0 Å². The summed E-state index contributed by atoms with van der Waals surface area (Å²) in [7, 11) is 3.54. The van der Waals surface area contributed by atoms with E-state index in [-0.39, 0.29) is 11.8 Å². The molecule has 2 amide bonds. The lowest BCUT2D eigenvalue weighted by atomic mass is 9.99. The zero-order valence-electron chi connectivity index (χ0n) is 21.2. The van der Waals surface area contributed by atoms with E-state index in [0.717, 1.165) is 48.2 Å². The number of rotatable bonds is 10. The number of hydrogen-bond acceptors (Lipinski definition) is 4. The van der Waals surface area contributed by atoms with Crippen molar-refractivity contribution in [2.45, 2.75) is 37.8 Å². The molecule has 1 aliphatic rings. The lowest BCUT2D eigenvalue weighted by Crippen LogP contribution is -2.56. The van der Waals surface area contributed by atoms with Crippen LogP contribution in [0, 0.1) is 0 Å². The molecule has 0 aromatic heterocycles. The summed E-state index contributed by atoms with van der Waals surface area (Å²) in [6, 6.07) is 27.4. The van der Waals surface area contributed by atoms with Crippen LogP contribution in [0.15, 0.2) is 84.9 Å². The molecule has 3 aromatic rings. The Hall–Kier alpha value is -3.48. The third-order valence-corrected chi connectivity index (χ3v) is 6.91. The first-order valence-electron chi connectivity index (χ1n) is 12.7. The molecule has 1 saturated heterocycles. The lowest BCUT2D eigenvalue weighted by molar-refractivity contribution is -0.142. The molecular weight excluding hydrogens is 448 g/mol. The minimum Gasteiger partial charge on any atom is -0.332 e. The van der Waals surface area contributed by atoms with Gasteiger partial charge in [-0.15, -0.1) is 0 Å². The number of amides is 2. The van der Waals surface area contributed by atoms with Gasteiger partial charge in [0.1, 0.15) is 6.04 Å². The van der Waals surface area contributed by atoms with Crippen LogP contribution in [0.4, 0.5) is 0 Å². The van der Waals surface area contributed by atoms with Crippen LogP contribution in [0.3, 0.4) is 0 Å². The average Bonchev–Trinajstić information content (AvgIpc) is 3.44. The van der Waals surface area contributed by atoms with E-state index in [1.54, 1.807) is 19.0 Å². The fraction of sp³-hybridized carbons (Fsp3) is 0.333. The van der Waals surface area contributed by atoms with Crippen LogP contribution in [0.5, 0.6) is 0 Å². The molecule has 0 saturated carbocycles. The molecule has 6 heteroatoms. The van der Waals surface area contributed by atoms with Crippen LogP contribution in [-0.2, 0) is 22.4 Å². The van der Waals surface area contributed by atoms with E-state index in [1.165, 1.54) is 0 Å². The van der Waals surface area contributed by atoms with Crippen molar-refractivity contribution >= 4 is 11.8 Å². The molecule has 36 heavy (non-hydrogen) atoms. The smallest absolute Gasteiger partial charge is 0.257 e. The van der Waals surface area contributed by atoms with Gasteiger partial charge < -0.3 is 10.2 Å². The second-order valence-electron chi connectivity index (χ2n) is 9.43. The quantitative estimate of drug-likeness (QED) is 0.461. The predicted molar refractivity (Wildman–Crippen MR) is 144 cm³/mol. The Morgan fingerprint density at radius 2 is 1.36 bits per heavy atom. The first kappa shape index (κ1) is 25.6. The van der Waals surface area contributed by atoms with Crippen LogP contribution in [0.25, 0.3) is 11.1 Å². The zero-order chi connectivity index (χ0) is 25.3. The Morgan fingerprint density at radius 1 is 0.806 bits per heavy atom. The highest BCUT2D eigenvalue weighted by Gasteiger charge is 2.32. The van der Waals surface area contributed by atoms with Gasteiger partial charge in [0.2, 0.25) is 5.91 Å². The van der Waals surface area contributed by atoms with Crippen molar-refractivity contribution in [3.63, 3.8) is 0 Å². The van der Waals surface area contributed by atoms with E-state index < -0.39 is 12.1 Å². The highest BCUT2D eigenvalue weighted by Crippen LogP contribution is 2.20. The number of hydrogen-bond donors (Lipinski definition) is 2. The van der Waals surface area contributed by atoms with Crippen molar-refractivity contribution in [3.8, 4) is 11.1 Å². The van der Waals surface area contributed by atoms with Gasteiger partial charge in [0.15, 0.2) is 0 Å². The Morgan fingerprint density at radius 3 is 1.97 bits per heavy atom. The Bertz CT molecular complexity index is 1110. The van der Waals surface area contributed by atoms with E-state index in [1.807, 2.05) is 53.5 Å². The summed E-state index contributed by atoms with van der Waals surface area (Å²) in [5.74, 6) is -0.235. The highest BCUT2D eigenvalue weighted by atomic mass is 16.2. The van der Waals surface area contributed by atoms with Crippen LogP contribution >= 0.6 is 0 Å². The van der Waals surface area contributed by atoms with E-state index in [9.17, 15) is 9.59 Å². The van der Waals surface area contributed by atoms with Gasteiger partial charge in [-0.2, -0.15) is 0 Å². The highest BCUT2D eigenvalue weighted by molar-refractivity contribution is 5.90. The lowest BCUT2D eigenvalue weighted by Gasteiger charge is -2.32. The molecule has 0 radical (unpaired) electrons. The third kappa shape index (κ3) is 6.59. The molecule has 1 aliphatic heterocycles. The molecule has 0 bridgehead atoms. The maximum atomic E-state index is 13.6. The molecule has 0 aliphatic carbocycles. The third-order valence-electron chi connectivity index (χ3n) is 6.91. The molecule has 188 valence electrons. The van der Waals surface area contributed by atoms with E-state index in [2.05, 4.69) is 47.1 Å². The second-order valence-corrected chi connectivity index (χ2v) is 9.43. The molecule has 0 unspecified atom stereocenters. The fourth-order valence-corrected chi connectivity index (χ4v) is 4.71. The van der Waals surface area contributed by atoms with Crippen LogP contribution in [0.2, 0.25) is 0 Å². The van der Waals surface area contributed by atoms with Crippen molar-refractivity contribution < 1.29 is 9.59 Å². The van der Waals surface area contributed by atoms with Crippen LogP contribution < -0.4 is 10.7 Å². The number of carbonyl (C=O) groups is 2. The van der Waals surface area contributed by atoms with Crippen molar-refractivity contribution in [3.05, 3.63) is 96.1 Å². The summed E-state index contributed by atoms with van der Waals surface area (Å²) in [6.07, 6.45) is 3.15. The average molecular weight is 485 g/mol. The van der Waals surface area contributed by atoms with Gasteiger partial charge in [0, 0.05) is 26.6 Å². The molecular formula is C30H36N4O2. The normalized spacial score (nSPS) is 15.3. The number of carbonyl (C=O) groups excluding carboxylic acids is 2. The Kier molecular flexibility index (Phi) is 8.87. The zero-order valence-corrected chi connectivity index (χ0v) is 21.2. The number of nitrogens with one attached hydrogen (secondary N) is 2.